The molecule has 5 heteroatoms. The molecule has 0 amide bonds. The molecule has 0 spiro atoms. The van der Waals surface area contributed by atoms with Crippen molar-refractivity contribution in [2.75, 3.05) is 0 Å². The van der Waals surface area contributed by atoms with Crippen LogP contribution in [0.25, 0.3) is 0 Å². The number of hydrazine groups is 1. The third-order valence-electron chi connectivity index (χ3n) is 1.93. The molecule has 2 atom stereocenters. The van der Waals surface area contributed by atoms with Crippen molar-refractivity contribution in [1.29, 1.82) is 0 Å². The lowest BCUT2D eigenvalue weighted by molar-refractivity contribution is -0.0420. The Kier molecular flexibility index (Phi) is 8.63. The summed E-state index contributed by atoms with van der Waals surface area (Å²) in [6.07, 6.45) is 2.76. The predicted molar refractivity (Wildman–Crippen MR) is 54.9 cm³/mol. The summed E-state index contributed by atoms with van der Waals surface area (Å²) >= 11 is 0. The molecule has 1 heterocycles. The van der Waals surface area contributed by atoms with Crippen LogP contribution in [0.1, 0.15) is 26.7 Å². The molecule has 0 aromatic carbocycles. The van der Waals surface area contributed by atoms with Crippen LogP contribution < -0.4 is 11.3 Å². The number of ether oxygens (including phenoxy) is 1. The van der Waals surface area contributed by atoms with E-state index in [9.17, 15) is 0 Å². The largest absolute Gasteiger partial charge is 0.375 e. The fourth-order valence-electron chi connectivity index (χ4n) is 1.54. The molecule has 3 N–H and O–H groups in total. The van der Waals surface area contributed by atoms with E-state index in [1.165, 1.54) is 0 Å². The van der Waals surface area contributed by atoms with E-state index < -0.39 is 0 Å². The Labute approximate surface area is 86.2 Å². The lowest BCUT2D eigenvalue weighted by Crippen LogP contribution is -2.44. The molecule has 0 bridgehead atoms. The van der Waals surface area contributed by atoms with Crippen LogP contribution in [0.4, 0.5) is 0 Å². The third kappa shape index (κ3) is 4.48. The summed E-state index contributed by atoms with van der Waals surface area (Å²) in [6.45, 7) is 4.17. The minimum atomic E-state index is 0. The van der Waals surface area contributed by atoms with E-state index in [4.69, 9.17) is 10.6 Å². The molecule has 1 rings (SSSR count). The van der Waals surface area contributed by atoms with Crippen molar-refractivity contribution < 1.29 is 4.74 Å². The van der Waals surface area contributed by atoms with Gasteiger partial charge in [-0.25, -0.2) is 0 Å². The Morgan fingerprint density at radius 3 is 1.92 bits per heavy atom. The smallest absolute Gasteiger partial charge is 0.0566 e. The van der Waals surface area contributed by atoms with Crippen LogP contribution in [0.2, 0.25) is 0 Å². The van der Waals surface area contributed by atoms with Gasteiger partial charge in [-0.2, -0.15) is 0 Å². The van der Waals surface area contributed by atoms with Crippen molar-refractivity contribution in [3.63, 3.8) is 0 Å². The number of nitrogens with one attached hydrogen (secondary N) is 1. The number of halogens is 2. The van der Waals surface area contributed by atoms with Crippen molar-refractivity contribution in [3.8, 4) is 0 Å². The van der Waals surface area contributed by atoms with Crippen molar-refractivity contribution in [2.45, 2.75) is 44.9 Å². The Morgan fingerprint density at radius 2 is 1.58 bits per heavy atom. The van der Waals surface area contributed by atoms with Crippen molar-refractivity contribution in [1.82, 2.24) is 5.43 Å². The van der Waals surface area contributed by atoms with Gasteiger partial charge in [-0.3, -0.25) is 11.3 Å². The molecule has 12 heavy (non-hydrogen) atoms. The zero-order valence-electron chi connectivity index (χ0n) is 7.45. The van der Waals surface area contributed by atoms with Gasteiger partial charge >= 0.3 is 0 Å². The van der Waals surface area contributed by atoms with Gasteiger partial charge in [0.15, 0.2) is 0 Å². The Bertz CT molecular complexity index is 106. The van der Waals surface area contributed by atoms with E-state index in [0.717, 1.165) is 12.8 Å². The first-order valence-electron chi connectivity index (χ1n) is 3.84. The Morgan fingerprint density at radius 1 is 1.17 bits per heavy atom. The Hall–Kier alpha value is 0.460. The summed E-state index contributed by atoms with van der Waals surface area (Å²) in [4.78, 5) is 0. The maximum Gasteiger partial charge on any atom is 0.0566 e. The standard InChI is InChI=1S/C7H16N2O.2ClH/c1-5-3-7(9-8)4-6(2)10-5;;/h5-7,9H,3-4,8H2,1-2H3;2*1H. The quantitative estimate of drug-likeness (QED) is 0.513. The van der Waals surface area contributed by atoms with Crippen LogP contribution in [0.15, 0.2) is 0 Å². The molecule has 0 aromatic heterocycles. The van der Waals surface area contributed by atoms with Gasteiger partial charge in [0.2, 0.25) is 0 Å². The van der Waals surface area contributed by atoms with Gasteiger partial charge in [0.1, 0.15) is 0 Å². The summed E-state index contributed by atoms with van der Waals surface area (Å²) in [5.41, 5.74) is 2.78. The number of rotatable bonds is 1. The molecule has 1 aliphatic heterocycles. The first kappa shape index (κ1) is 15.0. The van der Waals surface area contributed by atoms with Crippen molar-refractivity contribution in [2.24, 2.45) is 5.84 Å². The second kappa shape index (κ2) is 6.92. The molecule has 1 aliphatic rings. The number of hydrogen-bond acceptors (Lipinski definition) is 3. The monoisotopic (exact) mass is 216 g/mol. The predicted octanol–water partition coefficient (Wildman–Crippen LogP) is 1.25. The minimum Gasteiger partial charge on any atom is -0.375 e. The molecule has 0 aliphatic carbocycles. The molecular formula is C7H18Cl2N2O. The second-order valence-corrected chi connectivity index (χ2v) is 3.09. The molecule has 76 valence electrons. The van der Waals surface area contributed by atoms with Crippen LogP contribution in [-0.4, -0.2) is 18.2 Å². The van der Waals surface area contributed by atoms with Gasteiger partial charge in [0.05, 0.1) is 12.2 Å². The van der Waals surface area contributed by atoms with Gasteiger partial charge < -0.3 is 4.74 Å². The zero-order valence-corrected chi connectivity index (χ0v) is 9.08. The van der Waals surface area contributed by atoms with E-state index in [1.807, 2.05) is 0 Å². The highest BCUT2D eigenvalue weighted by molar-refractivity contribution is 5.85. The highest BCUT2D eigenvalue weighted by Crippen LogP contribution is 2.17. The molecule has 2 unspecified atom stereocenters. The fraction of sp³-hybridized carbons (Fsp3) is 1.00. The van der Waals surface area contributed by atoms with Crippen LogP contribution in [0, 0.1) is 0 Å². The lowest BCUT2D eigenvalue weighted by Gasteiger charge is -2.31. The second-order valence-electron chi connectivity index (χ2n) is 3.09. The first-order valence-corrected chi connectivity index (χ1v) is 3.84. The molecule has 1 fully saturated rings. The lowest BCUT2D eigenvalue weighted by atomic mass is 10.0. The van der Waals surface area contributed by atoms with Crippen molar-refractivity contribution >= 4 is 24.8 Å². The maximum absolute atomic E-state index is 5.52. The summed E-state index contributed by atoms with van der Waals surface area (Å²) < 4.78 is 5.52. The molecular weight excluding hydrogens is 199 g/mol. The molecule has 3 nitrogen and oxygen atoms in total. The van der Waals surface area contributed by atoms with Crippen molar-refractivity contribution in [3.05, 3.63) is 0 Å². The van der Waals surface area contributed by atoms with E-state index in [-0.39, 0.29) is 24.8 Å². The summed E-state index contributed by atoms with van der Waals surface area (Å²) in [5.74, 6) is 5.32. The highest BCUT2D eigenvalue weighted by atomic mass is 35.5. The molecule has 0 saturated carbocycles. The summed E-state index contributed by atoms with van der Waals surface area (Å²) in [6, 6.07) is 0.443. The van der Waals surface area contributed by atoms with E-state index in [2.05, 4.69) is 19.3 Å². The average molecular weight is 217 g/mol. The molecule has 0 aromatic rings. The van der Waals surface area contributed by atoms with Gasteiger partial charge in [-0.1, -0.05) is 0 Å². The van der Waals surface area contributed by atoms with Gasteiger partial charge in [0.25, 0.3) is 0 Å². The zero-order chi connectivity index (χ0) is 7.56. The van der Waals surface area contributed by atoms with Gasteiger partial charge in [-0.05, 0) is 26.7 Å². The first-order chi connectivity index (χ1) is 4.72. The van der Waals surface area contributed by atoms with E-state index >= 15 is 0 Å². The van der Waals surface area contributed by atoms with Crippen LogP contribution in [0.3, 0.4) is 0 Å². The SMILES string of the molecule is CC1CC(NN)CC(C)O1.Cl.Cl. The maximum atomic E-state index is 5.52. The minimum absolute atomic E-state index is 0. The van der Waals surface area contributed by atoms with Crippen LogP contribution in [0.5, 0.6) is 0 Å². The topological polar surface area (TPSA) is 47.3 Å². The van der Waals surface area contributed by atoms with Crippen LogP contribution in [-0.2, 0) is 4.74 Å². The number of hydrogen-bond donors (Lipinski definition) is 2. The van der Waals surface area contributed by atoms with Gasteiger partial charge in [-0.15, -0.1) is 24.8 Å². The summed E-state index contributed by atoms with van der Waals surface area (Å²) in [7, 11) is 0. The fourth-order valence-corrected chi connectivity index (χ4v) is 1.54. The normalized spacial score (nSPS) is 34.8. The van der Waals surface area contributed by atoms with E-state index in [1.54, 1.807) is 0 Å². The highest BCUT2D eigenvalue weighted by Gasteiger charge is 2.22. The Balaban J connectivity index is 0. The molecule has 1 saturated heterocycles. The number of nitrogens with two attached hydrogens (primary N) is 1. The van der Waals surface area contributed by atoms with Gasteiger partial charge in [0, 0.05) is 6.04 Å². The van der Waals surface area contributed by atoms with E-state index in [0.29, 0.717) is 18.2 Å². The third-order valence-corrected chi connectivity index (χ3v) is 1.93. The van der Waals surface area contributed by atoms with Crippen LogP contribution >= 0.6 is 24.8 Å². The average Bonchev–Trinajstić information content (AvgIpc) is 1.85. The molecule has 0 radical (unpaired) electrons. The summed E-state index contributed by atoms with van der Waals surface area (Å²) in [5, 5.41) is 0.